The molecule has 1 atom stereocenters. The summed E-state index contributed by atoms with van der Waals surface area (Å²) in [6.07, 6.45) is 0.584. The van der Waals surface area contributed by atoms with E-state index in [1.165, 1.54) is 12.0 Å². The molecule has 1 aromatic heterocycles. The fourth-order valence-electron chi connectivity index (χ4n) is 1.57. The van der Waals surface area contributed by atoms with Gasteiger partial charge in [0.05, 0.1) is 19.6 Å². The number of rotatable bonds is 8. The zero-order valence-corrected chi connectivity index (χ0v) is 12.0. The van der Waals surface area contributed by atoms with Crippen molar-refractivity contribution in [1.29, 1.82) is 0 Å². The molecule has 1 unspecified atom stereocenters. The van der Waals surface area contributed by atoms with Crippen LogP contribution in [-0.2, 0) is 27.2 Å². The molecule has 1 heterocycles. The second-order valence-corrected chi connectivity index (χ2v) is 5.27. The number of esters is 1. The smallest absolute Gasteiger partial charge is 0.310 e. The Morgan fingerprint density at radius 2 is 2.17 bits per heavy atom. The number of ether oxygens (including phenoxy) is 2. The lowest BCUT2D eigenvalue weighted by molar-refractivity contribution is -0.139. The first kappa shape index (κ1) is 15.1. The predicted octanol–water partition coefficient (Wildman–Crippen LogP) is 1.98. The lowest BCUT2D eigenvalue weighted by Gasteiger charge is -2.11. The topological polar surface area (TPSA) is 47.6 Å². The van der Waals surface area contributed by atoms with Crippen LogP contribution in [0.3, 0.4) is 0 Å². The molecule has 0 aromatic carbocycles. The Kier molecular flexibility index (Phi) is 6.93. The molecule has 0 fully saturated rings. The van der Waals surface area contributed by atoms with Crippen LogP contribution < -0.4 is 5.32 Å². The summed E-state index contributed by atoms with van der Waals surface area (Å²) in [6.45, 7) is 6.43. The highest BCUT2D eigenvalue weighted by Gasteiger charge is 2.06. The molecule has 0 aliphatic heterocycles. The molecular weight excluding hydrogens is 250 g/mol. The third kappa shape index (κ3) is 5.62. The third-order valence-electron chi connectivity index (χ3n) is 2.45. The third-order valence-corrected chi connectivity index (χ3v) is 3.53. The van der Waals surface area contributed by atoms with Gasteiger partial charge in [-0.25, -0.2) is 0 Å². The van der Waals surface area contributed by atoms with Crippen LogP contribution in [0.15, 0.2) is 12.1 Å². The van der Waals surface area contributed by atoms with Crippen molar-refractivity contribution >= 4 is 17.3 Å². The molecule has 0 saturated heterocycles. The molecule has 0 spiro atoms. The molecule has 0 amide bonds. The van der Waals surface area contributed by atoms with Gasteiger partial charge in [0.25, 0.3) is 0 Å². The van der Waals surface area contributed by atoms with E-state index >= 15 is 0 Å². The van der Waals surface area contributed by atoms with Gasteiger partial charge in [0.2, 0.25) is 0 Å². The molecule has 18 heavy (non-hydrogen) atoms. The number of nitrogens with one attached hydrogen (secondary N) is 1. The van der Waals surface area contributed by atoms with Gasteiger partial charge in [0.15, 0.2) is 0 Å². The van der Waals surface area contributed by atoms with E-state index in [2.05, 4.69) is 10.1 Å². The van der Waals surface area contributed by atoms with Gasteiger partial charge in [-0.15, -0.1) is 11.3 Å². The normalized spacial score (nSPS) is 12.4. The Bertz CT molecular complexity index is 365. The molecular formula is C13H21NO3S. The summed E-state index contributed by atoms with van der Waals surface area (Å²) in [5.74, 6) is -0.193. The summed E-state index contributed by atoms with van der Waals surface area (Å²) in [5, 5.41) is 3.34. The van der Waals surface area contributed by atoms with Crippen LogP contribution in [0.2, 0.25) is 0 Å². The molecule has 5 heteroatoms. The monoisotopic (exact) mass is 271 g/mol. The van der Waals surface area contributed by atoms with E-state index in [1.54, 1.807) is 11.3 Å². The van der Waals surface area contributed by atoms with Crippen molar-refractivity contribution in [3.8, 4) is 0 Å². The van der Waals surface area contributed by atoms with Crippen molar-refractivity contribution in [3.05, 3.63) is 21.9 Å². The number of thiophene rings is 1. The van der Waals surface area contributed by atoms with E-state index in [0.717, 1.165) is 24.6 Å². The Balaban J connectivity index is 2.29. The molecule has 0 aliphatic carbocycles. The van der Waals surface area contributed by atoms with E-state index in [4.69, 9.17) is 4.74 Å². The molecule has 1 N–H and O–H groups in total. The summed E-state index contributed by atoms with van der Waals surface area (Å²) in [6, 6.07) is 4.02. The van der Waals surface area contributed by atoms with Crippen molar-refractivity contribution in [2.24, 2.45) is 0 Å². The van der Waals surface area contributed by atoms with Gasteiger partial charge in [-0.3, -0.25) is 4.79 Å². The van der Waals surface area contributed by atoms with Crippen LogP contribution in [0.1, 0.15) is 23.6 Å². The maximum Gasteiger partial charge on any atom is 0.310 e. The van der Waals surface area contributed by atoms with Crippen LogP contribution in [0.4, 0.5) is 0 Å². The van der Waals surface area contributed by atoms with Crippen molar-refractivity contribution in [1.82, 2.24) is 5.32 Å². The first-order valence-electron chi connectivity index (χ1n) is 6.12. The van der Waals surface area contributed by atoms with Crippen molar-refractivity contribution in [2.75, 3.05) is 20.3 Å². The molecule has 4 nitrogen and oxygen atoms in total. The number of hydrogen-bond acceptors (Lipinski definition) is 5. The number of methoxy groups -OCH3 is 1. The van der Waals surface area contributed by atoms with Gasteiger partial charge in [-0.1, -0.05) is 0 Å². The van der Waals surface area contributed by atoms with Gasteiger partial charge < -0.3 is 14.8 Å². The number of carbonyl (C=O) groups excluding carboxylic acids is 1. The van der Waals surface area contributed by atoms with E-state index in [1.807, 2.05) is 26.0 Å². The van der Waals surface area contributed by atoms with Crippen LogP contribution in [0.5, 0.6) is 0 Å². The maximum absolute atomic E-state index is 11.1. The van der Waals surface area contributed by atoms with Crippen LogP contribution in [-0.4, -0.2) is 32.3 Å². The first-order chi connectivity index (χ1) is 8.65. The maximum atomic E-state index is 11.1. The van der Waals surface area contributed by atoms with E-state index in [0.29, 0.717) is 6.42 Å². The predicted molar refractivity (Wildman–Crippen MR) is 72.8 cm³/mol. The Hall–Kier alpha value is -0.910. The largest absolute Gasteiger partial charge is 0.469 e. The fourth-order valence-corrected chi connectivity index (χ4v) is 2.54. The fraction of sp³-hybridized carbons (Fsp3) is 0.615. The summed E-state index contributed by atoms with van der Waals surface area (Å²) < 4.78 is 10.1. The van der Waals surface area contributed by atoms with Crippen LogP contribution in [0, 0.1) is 0 Å². The van der Waals surface area contributed by atoms with Gasteiger partial charge >= 0.3 is 5.97 Å². The van der Waals surface area contributed by atoms with Crippen molar-refractivity contribution in [2.45, 2.75) is 32.9 Å². The molecule has 0 bridgehead atoms. The molecule has 1 rings (SSSR count). The standard InChI is InChI=1S/C13H21NO3S/c1-4-17-10(2)8-14-9-12-6-5-11(18-12)7-13(15)16-3/h5-6,10,14H,4,7-9H2,1-3H3. The van der Waals surface area contributed by atoms with Gasteiger partial charge in [0.1, 0.15) is 0 Å². The molecule has 102 valence electrons. The minimum Gasteiger partial charge on any atom is -0.469 e. The van der Waals surface area contributed by atoms with Gasteiger partial charge in [-0.05, 0) is 26.0 Å². The van der Waals surface area contributed by atoms with Gasteiger partial charge in [-0.2, -0.15) is 0 Å². The highest BCUT2D eigenvalue weighted by molar-refractivity contribution is 7.12. The Morgan fingerprint density at radius 3 is 2.83 bits per heavy atom. The van der Waals surface area contributed by atoms with Crippen LogP contribution >= 0.6 is 11.3 Å². The second kappa shape index (κ2) is 8.24. The Morgan fingerprint density at radius 1 is 1.44 bits per heavy atom. The number of carbonyl (C=O) groups is 1. The number of hydrogen-bond donors (Lipinski definition) is 1. The lowest BCUT2D eigenvalue weighted by Crippen LogP contribution is -2.26. The summed E-state index contributed by atoms with van der Waals surface area (Å²) in [4.78, 5) is 13.4. The minimum atomic E-state index is -0.193. The summed E-state index contributed by atoms with van der Waals surface area (Å²) in [5.41, 5.74) is 0. The van der Waals surface area contributed by atoms with Crippen LogP contribution in [0.25, 0.3) is 0 Å². The Labute approximate surface area is 112 Å². The minimum absolute atomic E-state index is 0.193. The second-order valence-electron chi connectivity index (χ2n) is 4.02. The van der Waals surface area contributed by atoms with E-state index in [9.17, 15) is 4.79 Å². The summed E-state index contributed by atoms with van der Waals surface area (Å²) >= 11 is 1.64. The molecule has 0 aliphatic rings. The quantitative estimate of drug-likeness (QED) is 0.734. The van der Waals surface area contributed by atoms with E-state index in [-0.39, 0.29) is 12.1 Å². The van der Waals surface area contributed by atoms with E-state index < -0.39 is 0 Å². The van der Waals surface area contributed by atoms with Crippen molar-refractivity contribution < 1.29 is 14.3 Å². The molecule has 0 radical (unpaired) electrons. The highest BCUT2D eigenvalue weighted by atomic mass is 32.1. The zero-order valence-electron chi connectivity index (χ0n) is 11.2. The van der Waals surface area contributed by atoms with Gasteiger partial charge in [0, 0.05) is 29.5 Å². The SMILES string of the molecule is CCOC(C)CNCc1ccc(CC(=O)OC)s1. The molecule has 1 aromatic rings. The van der Waals surface area contributed by atoms with Crippen molar-refractivity contribution in [3.63, 3.8) is 0 Å². The highest BCUT2D eigenvalue weighted by Crippen LogP contribution is 2.17. The average Bonchev–Trinajstić information content (AvgIpc) is 2.77. The first-order valence-corrected chi connectivity index (χ1v) is 6.94. The zero-order chi connectivity index (χ0) is 13.4. The summed E-state index contributed by atoms with van der Waals surface area (Å²) in [7, 11) is 1.41. The lowest BCUT2D eigenvalue weighted by atomic mass is 10.3. The average molecular weight is 271 g/mol. The molecule has 0 saturated carbocycles.